The van der Waals surface area contributed by atoms with Gasteiger partial charge in [-0.25, -0.2) is 8.78 Å². The number of phenols is 1. The number of rotatable bonds is 10. The van der Waals surface area contributed by atoms with E-state index in [1.807, 2.05) is 0 Å². The zero-order valence-corrected chi connectivity index (χ0v) is 18.9. The van der Waals surface area contributed by atoms with Crippen LogP contribution in [-0.2, 0) is 0 Å². The summed E-state index contributed by atoms with van der Waals surface area (Å²) >= 11 is 0. The number of carbonyl (C=O) groups excluding carboxylic acids is 2. The normalized spacial score (nSPS) is 14.8. The van der Waals surface area contributed by atoms with Gasteiger partial charge in [-0.2, -0.15) is 0 Å². The van der Waals surface area contributed by atoms with Crippen molar-refractivity contribution >= 4 is 11.6 Å². The van der Waals surface area contributed by atoms with Crippen LogP contribution in [0.15, 0.2) is 30.3 Å². The number of methoxy groups -OCH3 is 2. The molecule has 0 aliphatic carbocycles. The van der Waals surface area contributed by atoms with Gasteiger partial charge < -0.3 is 19.5 Å². The number of Topliss-reactive ketones (excluding diaryl/α,β-unsaturated/α-hetero) is 2. The molecule has 6 nitrogen and oxygen atoms in total. The summed E-state index contributed by atoms with van der Waals surface area (Å²) in [6, 6.07) is 5.92. The van der Waals surface area contributed by atoms with Crippen molar-refractivity contribution in [2.45, 2.75) is 32.1 Å². The molecule has 3 rings (SSSR count). The number of piperidine rings is 1. The number of unbranched alkanes of at least 4 members (excludes halogenated alkanes) is 1. The first kappa shape index (κ1) is 24.6. The second kappa shape index (κ2) is 11.2. The van der Waals surface area contributed by atoms with Crippen molar-refractivity contribution in [1.82, 2.24) is 4.90 Å². The van der Waals surface area contributed by atoms with Gasteiger partial charge in [0.25, 0.3) is 0 Å². The Hall–Kier alpha value is -3.00. The van der Waals surface area contributed by atoms with Crippen LogP contribution >= 0.6 is 0 Å². The molecule has 1 heterocycles. The summed E-state index contributed by atoms with van der Waals surface area (Å²) in [6.07, 6.45) is 2.99. The molecule has 1 aliphatic heterocycles. The largest absolute Gasteiger partial charge is 0.507 e. The summed E-state index contributed by atoms with van der Waals surface area (Å²) in [5.41, 5.74) is 0.159. The van der Waals surface area contributed by atoms with E-state index in [1.165, 1.54) is 32.4 Å². The summed E-state index contributed by atoms with van der Waals surface area (Å²) in [5, 5.41) is 10.1. The fraction of sp³-hybridized carbons (Fsp3) is 0.440. The van der Waals surface area contributed by atoms with Crippen molar-refractivity contribution in [2.24, 2.45) is 5.92 Å². The van der Waals surface area contributed by atoms with Gasteiger partial charge >= 0.3 is 0 Å². The Kier molecular flexibility index (Phi) is 8.38. The standard InChI is InChI=1S/C25H29F2NO5/c1-32-23-14-19(22(30)15-24(23)33-2)21(29)5-3-4-10-28-11-8-16(9-12-28)25(31)18-7-6-17(26)13-20(18)27/h6-7,13-16,30H,3-5,8-12H2,1-2H3. The van der Waals surface area contributed by atoms with Gasteiger partial charge in [0.2, 0.25) is 0 Å². The van der Waals surface area contributed by atoms with E-state index in [0.717, 1.165) is 25.1 Å². The average Bonchev–Trinajstić information content (AvgIpc) is 2.81. The van der Waals surface area contributed by atoms with Crippen LogP contribution in [0.1, 0.15) is 52.8 Å². The molecule has 0 bridgehead atoms. The lowest BCUT2D eigenvalue weighted by atomic mass is 9.88. The van der Waals surface area contributed by atoms with E-state index in [-0.39, 0.29) is 34.4 Å². The maximum Gasteiger partial charge on any atom is 0.168 e. The smallest absolute Gasteiger partial charge is 0.168 e. The molecule has 33 heavy (non-hydrogen) atoms. The summed E-state index contributed by atoms with van der Waals surface area (Å²) in [7, 11) is 2.93. The number of likely N-dealkylation sites (tertiary alicyclic amines) is 1. The quantitative estimate of drug-likeness (QED) is 0.411. The molecule has 0 unspecified atom stereocenters. The number of carbonyl (C=O) groups is 2. The van der Waals surface area contributed by atoms with Crippen molar-refractivity contribution in [3.63, 3.8) is 0 Å². The molecule has 178 valence electrons. The lowest BCUT2D eigenvalue weighted by Crippen LogP contribution is -2.37. The molecule has 0 spiro atoms. The highest BCUT2D eigenvalue weighted by Gasteiger charge is 2.27. The van der Waals surface area contributed by atoms with Gasteiger partial charge in [-0.15, -0.1) is 0 Å². The van der Waals surface area contributed by atoms with Gasteiger partial charge in [-0.3, -0.25) is 9.59 Å². The Bertz CT molecular complexity index is 1000. The summed E-state index contributed by atoms with van der Waals surface area (Å²) in [4.78, 5) is 27.3. The van der Waals surface area contributed by atoms with Crippen molar-refractivity contribution in [1.29, 1.82) is 0 Å². The van der Waals surface area contributed by atoms with E-state index in [0.29, 0.717) is 50.3 Å². The van der Waals surface area contributed by atoms with E-state index in [2.05, 4.69) is 4.90 Å². The number of phenolic OH excluding ortho intramolecular Hbond substituents is 1. The van der Waals surface area contributed by atoms with E-state index >= 15 is 0 Å². The topological polar surface area (TPSA) is 76.1 Å². The van der Waals surface area contributed by atoms with Crippen molar-refractivity contribution in [3.8, 4) is 17.2 Å². The Morgan fingerprint density at radius 1 is 1.00 bits per heavy atom. The highest BCUT2D eigenvalue weighted by atomic mass is 19.1. The number of benzene rings is 2. The highest BCUT2D eigenvalue weighted by molar-refractivity contribution is 5.99. The van der Waals surface area contributed by atoms with Gasteiger partial charge in [0.15, 0.2) is 23.1 Å². The molecule has 1 aliphatic rings. The molecular formula is C25H29F2NO5. The van der Waals surface area contributed by atoms with Crippen molar-refractivity contribution in [3.05, 3.63) is 53.1 Å². The third-order valence-electron chi connectivity index (χ3n) is 6.09. The fourth-order valence-electron chi connectivity index (χ4n) is 4.18. The minimum Gasteiger partial charge on any atom is -0.507 e. The number of halogens is 2. The summed E-state index contributed by atoms with van der Waals surface area (Å²) in [5.74, 6) is -1.61. The second-order valence-corrected chi connectivity index (χ2v) is 8.21. The average molecular weight is 462 g/mol. The summed E-state index contributed by atoms with van der Waals surface area (Å²) < 4.78 is 37.3. The van der Waals surface area contributed by atoms with Crippen LogP contribution in [0.5, 0.6) is 17.2 Å². The Morgan fingerprint density at radius 2 is 1.67 bits per heavy atom. The third kappa shape index (κ3) is 6.07. The molecule has 0 saturated carbocycles. The lowest BCUT2D eigenvalue weighted by molar-refractivity contribution is 0.0831. The van der Waals surface area contributed by atoms with E-state index in [4.69, 9.17) is 9.47 Å². The number of hydrogen-bond donors (Lipinski definition) is 1. The minimum absolute atomic E-state index is 0.0493. The molecule has 0 radical (unpaired) electrons. The fourth-order valence-corrected chi connectivity index (χ4v) is 4.18. The van der Waals surface area contributed by atoms with Crippen LogP contribution in [0, 0.1) is 17.6 Å². The first-order chi connectivity index (χ1) is 15.8. The molecule has 0 atom stereocenters. The van der Waals surface area contributed by atoms with Gasteiger partial charge in [0.1, 0.15) is 17.4 Å². The summed E-state index contributed by atoms with van der Waals surface area (Å²) in [6.45, 7) is 2.21. The SMILES string of the molecule is COc1cc(O)c(C(=O)CCCCN2CCC(C(=O)c3ccc(F)cc3F)CC2)cc1OC. The maximum atomic E-state index is 13.9. The van der Waals surface area contributed by atoms with Gasteiger partial charge in [0.05, 0.1) is 25.3 Å². The van der Waals surface area contributed by atoms with E-state index < -0.39 is 11.6 Å². The zero-order valence-electron chi connectivity index (χ0n) is 18.9. The van der Waals surface area contributed by atoms with Crippen LogP contribution in [0.3, 0.4) is 0 Å². The molecule has 2 aromatic rings. The molecule has 1 fully saturated rings. The van der Waals surface area contributed by atoms with Gasteiger partial charge in [-0.1, -0.05) is 0 Å². The van der Waals surface area contributed by atoms with Crippen molar-refractivity contribution < 1.29 is 33.0 Å². The first-order valence-corrected chi connectivity index (χ1v) is 11.0. The maximum absolute atomic E-state index is 13.9. The Labute approximate surface area is 192 Å². The highest BCUT2D eigenvalue weighted by Crippen LogP contribution is 2.34. The predicted octanol–water partition coefficient (Wildman–Crippen LogP) is 4.64. The van der Waals surface area contributed by atoms with Crippen LogP contribution in [0.4, 0.5) is 8.78 Å². The van der Waals surface area contributed by atoms with Crippen LogP contribution in [-0.4, -0.2) is 55.4 Å². The Balaban J connectivity index is 1.43. The second-order valence-electron chi connectivity index (χ2n) is 8.21. The predicted molar refractivity (Wildman–Crippen MR) is 119 cm³/mol. The monoisotopic (exact) mass is 461 g/mol. The molecule has 1 saturated heterocycles. The molecular weight excluding hydrogens is 432 g/mol. The zero-order chi connectivity index (χ0) is 24.0. The molecule has 0 aromatic heterocycles. The third-order valence-corrected chi connectivity index (χ3v) is 6.09. The van der Waals surface area contributed by atoms with Crippen LogP contribution < -0.4 is 9.47 Å². The molecule has 2 aromatic carbocycles. The number of hydrogen-bond acceptors (Lipinski definition) is 6. The Morgan fingerprint density at radius 3 is 2.30 bits per heavy atom. The first-order valence-electron chi connectivity index (χ1n) is 11.0. The van der Waals surface area contributed by atoms with Crippen LogP contribution in [0.2, 0.25) is 0 Å². The van der Waals surface area contributed by atoms with Crippen LogP contribution in [0.25, 0.3) is 0 Å². The molecule has 1 N–H and O–H groups in total. The van der Waals surface area contributed by atoms with Gasteiger partial charge in [-0.05, 0) is 63.5 Å². The number of ether oxygens (including phenoxy) is 2. The minimum atomic E-state index is -0.812. The van der Waals surface area contributed by atoms with Crippen molar-refractivity contribution in [2.75, 3.05) is 33.9 Å². The lowest BCUT2D eigenvalue weighted by Gasteiger charge is -2.31. The number of nitrogens with zero attached hydrogens (tertiary/aromatic N) is 1. The molecule has 0 amide bonds. The number of ketones is 2. The van der Waals surface area contributed by atoms with Gasteiger partial charge in [0, 0.05) is 24.5 Å². The molecule has 8 heteroatoms. The van der Waals surface area contributed by atoms with E-state index in [1.54, 1.807) is 0 Å². The van der Waals surface area contributed by atoms with E-state index in [9.17, 15) is 23.5 Å². The number of aromatic hydroxyl groups is 1.